The van der Waals surface area contributed by atoms with Crippen molar-refractivity contribution in [3.63, 3.8) is 0 Å². The van der Waals surface area contributed by atoms with Crippen LogP contribution in [0.25, 0.3) is 0 Å². The number of rotatable bonds is 6. The minimum absolute atomic E-state index is 0.0758. The van der Waals surface area contributed by atoms with Crippen LogP contribution in [0.5, 0.6) is 0 Å². The van der Waals surface area contributed by atoms with E-state index < -0.39 is 61.0 Å². The zero-order chi connectivity index (χ0) is 26.5. The molecule has 1 heterocycles. The molecule has 4 aliphatic rings. The van der Waals surface area contributed by atoms with Gasteiger partial charge in [-0.3, -0.25) is 0 Å². The van der Waals surface area contributed by atoms with E-state index in [0.717, 1.165) is 24.0 Å². The van der Waals surface area contributed by atoms with Crippen molar-refractivity contribution >= 4 is 0 Å². The lowest BCUT2D eigenvalue weighted by Gasteiger charge is -2.46. The molecule has 3 aliphatic carbocycles. The number of fused-ring (bicyclic) bond motifs is 2. The zero-order valence-electron chi connectivity index (χ0n) is 21.9. The quantitative estimate of drug-likeness (QED) is 0.280. The average molecular weight is 513 g/mol. The maximum atomic E-state index is 11.8. The summed E-state index contributed by atoms with van der Waals surface area (Å²) in [6.07, 6.45) is -5.39. The highest BCUT2D eigenvalue weighted by Gasteiger charge is 2.55. The minimum atomic E-state index is -1.58. The second kappa shape index (κ2) is 10.7. The fourth-order valence-corrected chi connectivity index (χ4v) is 6.96. The van der Waals surface area contributed by atoms with Gasteiger partial charge in [0.15, 0.2) is 6.29 Å². The first-order valence-corrected chi connectivity index (χ1v) is 13.2. The van der Waals surface area contributed by atoms with Crippen molar-refractivity contribution in [1.29, 1.82) is 0 Å². The molecule has 9 heteroatoms. The molecule has 9 nitrogen and oxygen atoms in total. The van der Waals surface area contributed by atoms with Gasteiger partial charge in [-0.1, -0.05) is 38.0 Å². The van der Waals surface area contributed by atoms with Gasteiger partial charge in [0.2, 0.25) is 0 Å². The van der Waals surface area contributed by atoms with Crippen LogP contribution in [0.2, 0.25) is 0 Å². The van der Waals surface area contributed by atoms with E-state index in [1.54, 1.807) is 7.11 Å². The van der Waals surface area contributed by atoms with Crippen LogP contribution in [-0.2, 0) is 14.2 Å². The number of methoxy groups -OCH3 is 1. The Balaban J connectivity index is 1.81. The summed E-state index contributed by atoms with van der Waals surface area (Å²) < 4.78 is 17.5. The molecule has 0 aromatic carbocycles. The van der Waals surface area contributed by atoms with Gasteiger partial charge in [0.25, 0.3) is 0 Å². The zero-order valence-corrected chi connectivity index (χ0v) is 21.9. The fraction of sp³-hybridized carbons (Fsp3) is 0.852. The van der Waals surface area contributed by atoms with Crippen LogP contribution in [0.15, 0.2) is 22.8 Å². The molecule has 1 saturated heterocycles. The van der Waals surface area contributed by atoms with Crippen LogP contribution in [0.4, 0.5) is 0 Å². The molecule has 1 aliphatic heterocycles. The highest BCUT2D eigenvalue weighted by atomic mass is 16.7. The highest BCUT2D eigenvalue weighted by molar-refractivity contribution is 5.43. The maximum absolute atomic E-state index is 11.8. The summed E-state index contributed by atoms with van der Waals surface area (Å²) in [4.78, 5) is 0. The Morgan fingerprint density at radius 3 is 2.36 bits per heavy atom. The summed E-state index contributed by atoms with van der Waals surface area (Å²) in [7, 11) is 1.69. The summed E-state index contributed by atoms with van der Waals surface area (Å²) >= 11 is 0. The monoisotopic (exact) mass is 512 g/mol. The van der Waals surface area contributed by atoms with E-state index in [0.29, 0.717) is 13.0 Å². The summed E-state index contributed by atoms with van der Waals surface area (Å²) in [5.41, 5.74) is 2.15. The molecule has 6 N–H and O–H groups in total. The third-order valence-corrected chi connectivity index (χ3v) is 9.19. The van der Waals surface area contributed by atoms with Crippen LogP contribution in [0.3, 0.4) is 0 Å². The van der Waals surface area contributed by atoms with E-state index in [4.69, 9.17) is 14.2 Å². The Morgan fingerprint density at radius 2 is 1.75 bits per heavy atom. The van der Waals surface area contributed by atoms with Crippen molar-refractivity contribution in [2.75, 3.05) is 20.3 Å². The number of hydrogen-bond donors (Lipinski definition) is 6. The Hall–Kier alpha value is -0.880. The normalized spacial score (nSPS) is 47.4. The SMILES string of the molecule is COC[C@H]1CC[C@@H]2C1=C[C@]1(C)C(=C(C(C)C)C[C@@H]1O)[C@@H](O[C@H]1O[C@H](CO)[C@@H](O)[C@H](O)[C@H]1O)[C@H](O)[C@@H]2C. The maximum Gasteiger partial charge on any atom is 0.187 e. The minimum Gasteiger partial charge on any atom is -0.394 e. The molecule has 2 fully saturated rings. The number of ether oxygens (including phenoxy) is 3. The smallest absolute Gasteiger partial charge is 0.187 e. The second-order valence-electron chi connectivity index (χ2n) is 11.7. The first kappa shape index (κ1) is 28.1. The molecule has 0 unspecified atom stereocenters. The number of aliphatic hydroxyl groups is 6. The molecule has 36 heavy (non-hydrogen) atoms. The van der Waals surface area contributed by atoms with Gasteiger partial charge in [-0.2, -0.15) is 0 Å². The molecule has 206 valence electrons. The summed E-state index contributed by atoms with van der Waals surface area (Å²) in [5, 5.41) is 64.1. The van der Waals surface area contributed by atoms with Gasteiger partial charge >= 0.3 is 0 Å². The summed E-state index contributed by atoms with van der Waals surface area (Å²) in [5.74, 6) is 0.170. The van der Waals surface area contributed by atoms with Crippen molar-refractivity contribution in [3.05, 3.63) is 22.8 Å². The Bertz CT molecular complexity index is 854. The summed E-state index contributed by atoms with van der Waals surface area (Å²) in [6.45, 7) is 8.06. The molecule has 0 spiro atoms. The molecule has 0 aromatic rings. The van der Waals surface area contributed by atoms with E-state index in [1.807, 2.05) is 27.7 Å². The van der Waals surface area contributed by atoms with Crippen molar-refractivity contribution in [3.8, 4) is 0 Å². The van der Waals surface area contributed by atoms with Gasteiger partial charge in [-0.25, -0.2) is 0 Å². The molecular formula is C27H44O9. The van der Waals surface area contributed by atoms with E-state index in [1.165, 1.54) is 5.57 Å². The first-order valence-electron chi connectivity index (χ1n) is 13.2. The van der Waals surface area contributed by atoms with Gasteiger partial charge in [-0.15, -0.1) is 0 Å². The molecule has 0 aromatic heterocycles. The lowest BCUT2D eigenvalue weighted by atomic mass is 9.68. The van der Waals surface area contributed by atoms with Crippen molar-refractivity contribution in [2.24, 2.45) is 29.1 Å². The van der Waals surface area contributed by atoms with Crippen LogP contribution in [0, 0.1) is 29.1 Å². The van der Waals surface area contributed by atoms with E-state index in [2.05, 4.69) is 6.08 Å². The molecule has 12 atom stereocenters. The van der Waals surface area contributed by atoms with Gasteiger partial charge in [0, 0.05) is 18.4 Å². The van der Waals surface area contributed by atoms with Crippen molar-refractivity contribution in [2.45, 2.75) is 96.0 Å². The molecule has 0 radical (unpaired) electrons. The predicted molar refractivity (Wildman–Crippen MR) is 131 cm³/mol. The van der Waals surface area contributed by atoms with Crippen LogP contribution < -0.4 is 0 Å². The third-order valence-electron chi connectivity index (χ3n) is 9.19. The first-order chi connectivity index (χ1) is 17.0. The largest absolute Gasteiger partial charge is 0.394 e. The van der Waals surface area contributed by atoms with E-state index in [9.17, 15) is 30.6 Å². The topological polar surface area (TPSA) is 149 Å². The summed E-state index contributed by atoms with van der Waals surface area (Å²) in [6, 6.07) is 0. The predicted octanol–water partition coefficient (Wildman–Crippen LogP) is 0.505. The van der Waals surface area contributed by atoms with Gasteiger partial charge in [0.1, 0.15) is 30.5 Å². The Labute approximate surface area is 213 Å². The van der Waals surface area contributed by atoms with E-state index in [-0.39, 0.29) is 23.7 Å². The van der Waals surface area contributed by atoms with Gasteiger partial charge < -0.3 is 44.8 Å². The van der Waals surface area contributed by atoms with Crippen LogP contribution >= 0.6 is 0 Å². The molecule has 4 rings (SSSR count). The van der Waals surface area contributed by atoms with Crippen LogP contribution in [0.1, 0.15) is 47.0 Å². The molecule has 0 bridgehead atoms. The fourth-order valence-electron chi connectivity index (χ4n) is 6.96. The molecule has 1 saturated carbocycles. The number of hydrogen-bond acceptors (Lipinski definition) is 9. The van der Waals surface area contributed by atoms with Crippen LogP contribution in [-0.4, -0.2) is 100.0 Å². The average Bonchev–Trinajstić information content (AvgIpc) is 3.34. The highest BCUT2D eigenvalue weighted by Crippen LogP contribution is 2.55. The Kier molecular flexibility index (Phi) is 8.37. The van der Waals surface area contributed by atoms with Crippen molar-refractivity contribution < 1.29 is 44.8 Å². The standard InChI is InChI=1S/C27H44O9/c1-12(2)16-8-19(29)27(4)9-17-14(11-34-5)6-7-15(17)13(3)21(30)25(20(16)27)36-26-24(33)23(32)22(31)18(10-28)35-26/h9,12-15,18-19,21-26,28-33H,6-8,10-11H2,1-5H3/t13-,14-,15+,18-,19+,21-,22-,23+,24-,25-,26-,27+/m1/s1. The van der Waals surface area contributed by atoms with Gasteiger partial charge in [0.05, 0.1) is 25.4 Å². The van der Waals surface area contributed by atoms with Gasteiger partial charge in [-0.05, 0) is 49.5 Å². The number of aliphatic hydroxyl groups excluding tert-OH is 6. The lowest BCUT2D eigenvalue weighted by Crippen LogP contribution is -2.60. The van der Waals surface area contributed by atoms with Crippen molar-refractivity contribution in [1.82, 2.24) is 0 Å². The van der Waals surface area contributed by atoms with E-state index >= 15 is 0 Å². The Morgan fingerprint density at radius 1 is 1.06 bits per heavy atom. The lowest BCUT2D eigenvalue weighted by molar-refractivity contribution is -0.315. The third kappa shape index (κ3) is 4.61. The molecular weight excluding hydrogens is 468 g/mol. The second-order valence-corrected chi connectivity index (χ2v) is 11.7. The molecule has 0 amide bonds.